The molecule has 2 aliphatic rings. The van der Waals surface area contributed by atoms with Crippen LogP contribution in [0.25, 0.3) is 0 Å². The number of likely N-dealkylation sites (N-methyl/N-ethyl adjacent to an activating group) is 1. The van der Waals surface area contributed by atoms with Gasteiger partial charge in [0.2, 0.25) is 5.91 Å². The summed E-state index contributed by atoms with van der Waals surface area (Å²) in [6, 6.07) is 8.15. The molecule has 1 amide bonds. The number of amides is 1. The maximum Gasteiger partial charge on any atom is 0.233 e. The topological polar surface area (TPSA) is 41.6 Å². The van der Waals surface area contributed by atoms with Gasteiger partial charge in [0.05, 0.1) is 0 Å². The second kappa shape index (κ2) is 4.61. The fourth-order valence-electron chi connectivity index (χ4n) is 2.76. The molecule has 2 aliphatic heterocycles. The van der Waals surface area contributed by atoms with Crippen molar-refractivity contribution in [2.24, 2.45) is 0 Å². The number of rotatable bonds is 2. The molecule has 4 nitrogen and oxygen atoms in total. The number of ether oxygens (including phenoxy) is 1. The minimum Gasteiger partial charge on any atom is -0.492 e. The molecule has 0 spiro atoms. The lowest BCUT2D eigenvalue weighted by Gasteiger charge is -2.26. The Balaban J connectivity index is 1.77. The molecule has 2 unspecified atom stereocenters. The van der Waals surface area contributed by atoms with Crippen molar-refractivity contribution < 1.29 is 9.53 Å². The third-order valence-corrected chi connectivity index (χ3v) is 3.93. The zero-order valence-corrected chi connectivity index (χ0v) is 10.6. The molecule has 3 rings (SSSR count). The largest absolute Gasteiger partial charge is 0.492 e. The van der Waals surface area contributed by atoms with E-state index in [2.05, 4.69) is 5.32 Å². The second-order valence-corrected chi connectivity index (χ2v) is 5.00. The number of hydrogen-bond acceptors (Lipinski definition) is 3. The van der Waals surface area contributed by atoms with E-state index in [4.69, 9.17) is 4.74 Å². The highest BCUT2D eigenvalue weighted by Gasteiger charge is 2.34. The molecule has 2 atom stereocenters. The van der Waals surface area contributed by atoms with Crippen LogP contribution in [0.4, 0.5) is 0 Å². The van der Waals surface area contributed by atoms with Crippen molar-refractivity contribution in [1.29, 1.82) is 0 Å². The van der Waals surface area contributed by atoms with E-state index in [0.29, 0.717) is 12.6 Å². The van der Waals surface area contributed by atoms with Crippen LogP contribution in [0.5, 0.6) is 5.75 Å². The molecule has 96 valence electrons. The summed E-state index contributed by atoms with van der Waals surface area (Å²) >= 11 is 0. The third kappa shape index (κ3) is 1.86. The van der Waals surface area contributed by atoms with E-state index in [9.17, 15) is 4.79 Å². The van der Waals surface area contributed by atoms with Crippen molar-refractivity contribution in [3.63, 3.8) is 0 Å². The molecule has 1 aromatic rings. The van der Waals surface area contributed by atoms with Crippen LogP contribution in [-0.2, 0) is 4.79 Å². The highest BCUT2D eigenvalue weighted by atomic mass is 16.5. The van der Waals surface area contributed by atoms with Crippen LogP contribution in [0.1, 0.15) is 17.9 Å². The van der Waals surface area contributed by atoms with E-state index in [0.717, 1.165) is 30.8 Å². The summed E-state index contributed by atoms with van der Waals surface area (Å²) in [4.78, 5) is 14.4. The average Bonchev–Trinajstić information content (AvgIpc) is 3.06. The van der Waals surface area contributed by atoms with E-state index in [1.54, 1.807) is 0 Å². The summed E-state index contributed by atoms with van der Waals surface area (Å²) < 4.78 is 5.58. The van der Waals surface area contributed by atoms with Gasteiger partial charge < -0.3 is 15.0 Å². The Labute approximate surface area is 107 Å². The second-order valence-electron chi connectivity index (χ2n) is 5.00. The Morgan fingerprint density at radius 3 is 3.06 bits per heavy atom. The smallest absolute Gasteiger partial charge is 0.233 e. The summed E-state index contributed by atoms with van der Waals surface area (Å²) in [5.41, 5.74) is 1.03. The van der Waals surface area contributed by atoms with Gasteiger partial charge in [-0.1, -0.05) is 18.2 Å². The molecule has 18 heavy (non-hydrogen) atoms. The first kappa shape index (κ1) is 11.5. The highest BCUT2D eigenvalue weighted by Crippen LogP contribution is 2.34. The van der Waals surface area contributed by atoms with Gasteiger partial charge in [-0.2, -0.15) is 0 Å². The predicted molar refractivity (Wildman–Crippen MR) is 68.7 cm³/mol. The van der Waals surface area contributed by atoms with E-state index in [1.807, 2.05) is 36.2 Å². The van der Waals surface area contributed by atoms with Gasteiger partial charge in [-0.15, -0.1) is 0 Å². The maximum atomic E-state index is 12.5. The molecule has 1 fully saturated rings. The van der Waals surface area contributed by atoms with Gasteiger partial charge >= 0.3 is 0 Å². The number of benzene rings is 1. The minimum absolute atomic E-state index is 0.133. The van der Waals surface area contributed by atoms with Crippen molar-refractivity contribution in [2.45, 2.75) is 18.4 Å². The Bertz CT molecular complexity index is 455. The SMILES string of the molecule is CN(C(=O)C1COc2ccccc21)C1CCNC1. The molecule has 0 aromatic heterocycles. The zero-order valence-electron chi connectivity index (χ0n) is 10.6. The Morgan fingerprint density at radius 2 is 2.28 bits per heavy atom. The van der Waals surface area contributed by atoms with E-state index in [1.165, 1.54) is 0 Å². The third-order valence-electron chi connectivity index (χ3n) is 3.93. The van der Waals surface area contributed by atoms with Gasteiger partial charge in [-0.3, -0.25) is 4.79 Å². The fraction of sp³-hybridized carbons (Fsp3) is 0.500. The van der Waals surface area contributed by atoms with Crippen LogP contribution < -0.4 is 10.1 Å². The standard InChI is InChI=1S/C14H18N2O2/c1-16(10-6-7-15-8-10)14(17)12-9-18-13-5-3-2-4-11(12)13/h2-5,10,12,15H,6-9H2,1H3. The molecule has 0 bridgehead atoms. The molecule has 1 N–H and O–H groups in total. The number of nitrogens with zero attached hydrogens (tertiary/aromatic N) is 1. The van der Waals surface area contributed by atoms with Gasteiger partial charge in [0.25, 0.3) is 0 Å². The first-order valence-electron chi connectivity index (χ1n) is 6.46. The summed E-state index contributed by atoms with van der Waals surface area (Å²) in [6.07, 6.45) is 1.04. The number of nitrogens with one attached hydrogen (secondary N) is 1. The normalized spacial score (nSPS) is 25.6. The van der Waals surface area contributed by atoms with Crippen molar-refractivity contribution >= 4 is 5.91 Å². The van der Waals surface area contributed by atoms with E-state index >= 15 is 0 Å². The number of para-hydroxylation sites is 1. The number of carbonyl (C=O) groups is 1. The molecule has 2 heterocycles. The van der Waals surface area contributed by atoms with E-state index < -0.39 is 0 Å². The zero-order chi connectivity index (χ0) is 12.5. The highest BCUT2D eigenvalue weighted by molar-refractivity contribution is 5.85. The number of hydrogen-bond donors (Lipinski definition) is 1. The van der Waals surface area contributed by atoms with Crippen LogP contribution in [-0.4, -0.2) is 43.6 Å². The van der Waals surface area contributed by atoms with Gasteiger partial charge in [-0.05, 0) is 19.0 Å². The summed E-state index contributed by atoms with van der Waals surface area (Å²) in [6.45, 7) is 2.38. The van der Waals surface area contributed by atoms with Gasteiger partial charge in [0, 0.05) is 25.2 Å². The van der Waals surface area contributed by atoms with Crippen molar-refractivity contribution in [3.05, 3.63) is 29.8 Å². The first-order valence-corrected chi connectivity index (χ1v) is 6.46. The molecular formula is C14H18N2O2. The summed E-state index contributed by atoms with van der Waals surface area (Å²) in [7, 11) is 1.90. The van der Waals surface area contributed by atoms with Crippen LogP contribution in [0.15, 0.2) is 24.3 Å². The Hall–Kier alpha value is -1.55. The van der Waals surface area contributed by atoms with Crippen LogP contribution >= 0.6 is 0 Å². The number of fused-ring (bicyclic) bond motifs is 1. The van der Waals surface area contributed by atoms with Crippen molar-refractivity contribution in [2.75, 3.05) is 26.7 Å². The average molecular weight is 246 g/mol. The lowest BCUT2D eigenvalue weighted by molar-refractivity contribution is -0.133. The summed E-state index contributed by atoms with van der Waals surface area (Å²) in [5.74, 6) is 0.897. The van der Waals surface area contributed by atoms with Crippen LogP contribution in [0, 0.1) is 0 Å². The Morgan fingerprint density at radius 1 is 1.44 bits per heavy atom. The lowest BCUT2D eigenvalue weighted by Crippen LogP contribution is -2.41. The van der Waals surface area contributed by atoms with Gasteiger partial charge in [0.15, 0.2) is 0 Å². The molecule has 0 radical (unpaired) electrons. The van der Waals surface area contributed by atoms with Gasteiger partial charge in [0.1, 0.15) is 18.3 Å². The minimum atomic E-state index is -0.133. The molecule has 1 aromatic carbocycles. The summed E-state index contributed by atoms with van der Waals surface area (Å²) in [5, 5.41) is 3.29. The molecular weight excluding hydrogens is 228 g/mol. The van der Waals surface area contributed by atoms with Crippen LogP contribution in [0.3, 0.4) is 0 Å². The van der Waals surface area contributed by atoms with Gasteiger partial charge in [-0.25, -0.2) is 0 Å². The maximum absolute atomic E-state index is 12.5. The molecule has 1 saturated heterocycles. The Kier molecular flexibility index (Phi) is 2.96. The predicted octanol–water partition coefficient (Wildman–Crippen LogP) is 0.983. The quantitative estimate of drug-likeness (QED) is 0.846. The fourth-order valence-corrected chi connectivity index (χ4v) is 2.76. The molecule has 0 aliphatic carbocycles. The van der Waals surface area contributed by atoms with Crippen LogP contribution in [0.2, 0.25) is 0 Å². The van der Waals surface area contributed by atoms with Crippen molar-refractivity contribution in [3.8, 4) is 5.75 Å². The number of carbonyl (C=O) groups excluding carboxylic acids is 1. The lowest BCUT2D eigenvalue weighted by atomic mass is 9.99. The molecule has 4 heteroatoms. The van der Waals surface area contributed by atoms with Crippen molar-refractivity contribution in [1.82, 2.24) is 10.2 Å². The monoisotopic (exact) mass is 246 g/mol. The van der Waals surface area contributed by atoms with E-state index in [-0.39, 0.29) is 11.8 Å². The molecule has 0 saturated carbocycles. The first-order chi connectivity index (χ1) is 8.77.